The molecule has 2 heterocycles. The fourth-order valence-electron chi connectivity index (χ4n) is 5.80. The molecule has 0 spiro atoms. The smallest absolute Gasteiger partial charge is 0.323 e. The van der Waals surface area contributed by atoms with E-state index in [-0.39, 0.29) is 18.5 Å². The number of aliphatic carboxylic acids is 1. The molecule has 1 aliphatic heterocycles. The molecule has 1 amide bonds. The van der Waals surface area contributed by atoms with Crippen molar-refractivity contribution in [3.8, 4) is 0 Å². The molecule has 3 aromatic carbocycles. The van der Waals surface area contributed by atoms with Gasteiger partial charge in [-0.2, -0.15) is 0 Å². The number of benzene rings is 3. The predicted octanol–water partition coefficient (Wildman–Crippen LogP) is 6.72. The molecule has 222 valence electrons. The summed E-state index contributed by atoms with van der Waals surface area (Å²) in [7, 11) is 0. The van der Waals surface area contributed by atoms with Gasteiger partial charge in [0.1, 0.15) is 6.54 Å². The van der Waals surface area contributed by atoms with Crippen LogP contribution in [0.5, 0.6) is 0 Å². The topological polar surface area (TPSA) is 86.6 Å². The van der Waals surface area contributed by atoms with E-state index in [1.807, 2.05) is 66.7 Å². The Balaban J connectivity index is 1.43. The average molecular weight is 597 g/mol. The van der Waals surface area contributed by atoms with Crippen molar-refractivity contribution in [2.45, 2.75) is 51.5 Å². The Labute approximate surface area is 258 Å². The lowest BCUT2D eigenvalue weighted by Crippen LogP contribution is -2.37. The van der Waals surface area contributed by atoms with Gasteiger partial charge in [0, 0.05) is 24.3 Å². The van der Waals surface area contributed by atoms with E-state index in [4.69, 9.17) is 21.6 Å². The molecule has 4 aromatic rings. The van der Waals surface area contributed by atoms with Crippen LogP contribution in [0.4, 0.5) is 5.95 Å². The van der Waals surface area contributed by atoms with Crippen molar-refractivity contribution in [3.63, 3.8) is 0 Å². The molecule has 0 bridgehead atoms. The quantitative estimate of drug-likeness (QED) is 0.195. The number of aromatic nitrogens is 2. The summed E-state index contributed by atoms with van der Waals surface area (Å²) in [6.45, 7) is 2.83. The Kier molecular flexibility index (Phi) is 10.1. The molecule has 8 heteroatoms. The van der Waals surface area contributed by atoms with E-state index in [1.165, 1.54) is 16.0 Å². The van der Waals surface area contributed by atoms with Crippen LogP contribution in [-0.2, 0) is 24.1 Å². The molecule has 0 radical (unpaired) electrons. The number of halogens is 1. The highest BCUT2D eigenvalue weighted by atomic mass is 35.5. The van der Waals surface area contributed by atoms with Gasteiger partial charge in [-0.3, -0.25) is 9.59 Å². The third kappa shape index (κ3) is 7.79. The maximum atomic E-state index is 13.9. The lowest BCUT2D eigenvalue weighted by Gasteiger charge is -2.27. The van der Waals surface area contributed by atoms with Gasteiger partial charge in [-0.15, -0.1) is 0 Å². The molecule has 1 N–H and O–H groups in total. The van der Waals surface area contributed by atoms with Crippen molar-refractivity contribution in [1.29, 1.82) is 0 Å². The highest BCUT2D eigenvalue weighted by molar-refractivity contribution is 6.30. The molecular weight excluding hydrogens is 560 g/mol. The van der Waals surface area contributed by atoms with Crippen LogP contribution < -0.4 is 4.90 Å². The summed E-state index contributed by atoms with van der Waals surface area (Å²) < 4.78 is 0. The minimum atomic E-state index is -1.05. The number of carbonyl (C=O) groups is 2. The summed E-state index contributed by atoms with van der Waals surface area (Å²) in [4.78, 5) is 39.0. The van der Waals surface area contributed by atoms with Crippen molar-refractivity contribution in [3.05, 3.63) is 124 Å². The third-order valence-electron chi connectivity index (χ3n) is 8.09. The van der Waals surface area contributed by atoms with Crippen LogP contribution in [-0.4, -0.2) is 51.5 Å². The second kappa shape index (κ2) is 14.3. The Morgan fingerprint density at radius 1 is 0.977 bits per heavy atom. The van der Waals surface area contributed by atoms with Crippen LogP contribution in [0.1, 0.15) is 63.6 Å². The Morgan fingerprint density at radius 2 is 1.72 bits per heavy atom. The van der Waals surface area contributed by atoms with Gasteiger partial charge in [0.05, 0.1) is 17.3 Å². The van der Waals surface area contributed by atoms with Crippen LogP contribution >= 0.6 is 11.6 Å². The van der Waals surface area contributed by atoms with Gasteiger partial charge < -0.3 is 14.9 Å². The van der Waals surface area contributed by atoms with Crippen molar-refractivity contribution < 1.29 is 14.7 Å². The molecule has 1 aromatic heterocycles. The van der Waals surface area contributed by atoms with E-state index in [1.54, 1.807) is 6.20 Å². The monoisotopic (exact) mass is 596 g/mol. The fraction of sp³-hybridized carbons (Fsp3) is 0.314. The molecule has 7 nitrogen and oxygen atoms in total. The van der Waals surface area contributed by atoms with Gasteiger partial charge in [0.25, 0.3) is 5.91 Å². The first-order valence-electron chi connectivity index (χ1n) is 14.9. The summed E-state index contributed by atoms with van der Waals surface area (Å²) in [6.07, 6.45) is 6.21. The summed E-state index contributed by atoms with van der Waals surface area (Å²) in [5, 5.41) is 10.3. The summed E-state index contributed by atoms with van der Waals surface area (Å²) in [5.74, 6) is -0.810. The number of carboxylic acid groups (broad SMARTS) is 1. The molecular formula is C35H37ClN4O3. The largest absolute Gasteiger partial charge is 0.480 e. The van der Waals surface area contributed by atoms with Crippen LogP contribution in [0.15, 0.2) is 85.1 Å². The molecule has 0 saturated carbocycles. The van der Waals surface area contributed by atoms with Crippen molar-refractivity contribution in [1.82, 2.24) is 14.9 Å². The second-order valence-corrected chi connectivity index (χ2v) is 11.5. The van der Waals surface area contributed by atoms with Gasteiger partial charge in [-0.25, -0.2) is 9.97 Å². The maximum Gasteiger partial charge on any atom is 0.323 e. The van der Waals surface area contributed by atoms with E-state index < -0.39 is 5.97 Å². The maximum absolute atomic E-state index is 13.9. The highest BCUT2D eigenvalue weighted by Crippen LogP contribution is 2.35. The molecule has 5 rings (SSSR count). The first-order valence-corrected chi connectivity index (χ1v) is 15.2. The van der Waals surface area contributed by atoms with Crippen LogP contribution in [0.3, 0.4) is 0 Å². The molecule has 1 saturated heterocycles. The van der Waals surface area contributed by atoms with Gasteiger partial charge in [-0.05, 0) is 79.8 Å². The number of hydrogen-bond acceptors (Lipinski definition) is 5. The zero-order valence-electron chi connectivity index (χ0n) is 24.5. The van der Waals surface area contributed by atoms with E-state index in [0.717, 1.165) is 36.9 Å². The number of carbonyl (C=O) groups excluding carboxylic acids is 1. The van der Waals surface area contributed by atoms with E-state index >= 15 is 0 Å². The zero-order chi connectivity index (χ0) is 30.2. The summed E-state index contributed by atoms with van der Waals surface area (Å²) >= 11 is 6.14. The van der Waals surface area contributed by atoms with E-state index in [9.17, 15) is 14.7 Å². The first kappa shape index (κ1) is 30.2. The van der Waals surface area contributed by atoms with Gasteiger partial charge in [0.2, 0.25) is 5.95 Å². The number of anilines is 1. The minimum Gasteiger partial charge on any atom is -0.480 e. The van der Waals surface area contributed by atoms with Crippen LogP contribution in [0.25, 0.3) is 0 Å². The summed E-state index contributed by atoms with van der Waals surface area (Å²) in [6, 6.07) is 26.2. The molecule has 0 aliphatic carbocycles. The number of aryl methyl sites for hydroxylation is 4. The molecule has 1 fully saturated rings. The number of rotatable bonds is 12. The lowest BCUT2D eigenvalue weighted by atomic mass is 10.0. The normalized spacial score (nSPS) is 14.6. The lowest BCUT2D eigenvalue weighted by molar-refractivity contribution is -0.137. The van der Waals surface area contributed by atoms with Crippen molar-refractivity contribution >= 4 is 29.4 Å². The Morgan fingerprint density at radius 3 is 2.47 bits per heavy atom. The number of hydrogen-bond donors (Lipinski definition) is 1. The number of nitrogens with zero attached hydrogens (tertiary/aromatic N) is 4. The van der Waals surface area contributed by atoms with Crippen molar-refractivity contribution in [2.24, 2.45) is 0 Å². The standard InChI is InChI=1S/C35H37ClN4O3/c1-25-9-5-6-13-27(25)17-20-31-30(34(43)39(24-33(41)42)21-7-12-26-10-3-2-4-11-26)23-37-35(38-31)40-22-8-14-32(40)28-15-18-29(36)19-16-28/h2-6,9-11,13,15-16,18-19,23,32H,7-8,12,14,17,20-22,24H2,1H3,(H,41,42)/t32-/m0/s1. The fourth-order valence-corrected chi connectivity index (χ4v) is 5.93. The summed E-state index contributed by atoms with van der Waals surface area (Å²) in [5.41, 5.74) is 5.67. The Hall–Kier alpha value is -4.23. The number of carboxylic acids is 1. The predicted molar refractivity (Wildman–Crippen MR) is 170 cm³/mol. The van der Waals surface area contributed by atoms with Gasteiger partial charge in [-0.1, -0.05) is 78.3 Å². The van der Waals surface area contributed by atoms with Gasteiger partial charge in [0.15, 0.2) is 0 Å². The first-order chi connectivity index (χ1) is 20.9. The second-order valence-electron chi connectivity index (χ2n) is 11.1. The van der Waals surface area contributed by atoms with Crippen molar-refractivity contribution in [2.75, 3.05) is 24.5 Å². The SMILES string of the molecule is Cc1ccccc1CCc1nc(N2CCC[C@H]2c2ccc(Cl)cc2)ncc1C(=O)N(CCCc1ccccc1)CC(=O)O. The number of amides is 1. The molecule has 1 atom stereocenters. The van der Waals surface area contributed by atoms with Crippen LogP contribution in [0, 0.1) is 6.92 Å². The zero-order valence-corrected chi connectivity index (χ0v) is 25.2. The third-order valence-corrected chi connectivity index (χ3v) is 8.34. The molecule has 0 unspecified atom stereocenters. The molecule has 1 aliphatic rings. The van der Waals surface area contributed by atoms with Crippen LogP contribution in [0.2, 0.25) is 5.02 Å². The Bertz CT molecular complexity index is 1540. The average Bonchev–Trinajstić information content (AvgIpc) is 3.50. The minimum absolute atomic E-state index is 0.115. The van der Waals surface area contributed by atoms with E-state index in [0.29, 0.717) is 48.0 Å². The highest BCUT2D eigenvalue weighted by Gasteiger charge is 2.30. The van der Waals surface area contributed by atoms with Gasteiger partial charge >= 0.3 is 5.97 Å². The molecule has 43 heavy (non-hydrogen) atoms. The van der Waals surface area contributed by atoms with E-state index in [2.05, 4.69) is 24.0 Å².